The molecule has 5 N–H and O–H groups in total. The number of halogens is 4. The van der Waals surface area contributed by atoms with Crippen LogP contribution in [0.3, 0.4) is 0 Å². The molecule has 2 saturated heterocycles. The number of methoxy groups -OCH3 is 1. The Hall–Kier alpha value is -11.8. The number of phenols is 1. The van der Waals surface area contributed by atoms with Crippen LogP contribution in [0.4, 0.5) is 29.6 Å². The lowest BCUT2D eigenvalue weighted by Crippen LogP contribution is -2.33. The summed E-state index contributed by atoms with van der Waals surface area (Å²) in [5.41, 5.74) is 9.50. The van der Waals surface area contributed by atoms with Gasteiger partial charge in [-0.25, -0.2) is 33.1 Å². The molecule has 31 heteroatoms. The van der Waals surface area contributed by atoms with Gasteiger partial charge in [0.1, 0.15) is 23.7 Å². The number of sulfonamides is 1. The maximum atomic E-state index is 12.3. The molecular formula is C94H120ClF3N14O11S2. The molecule has 5 heterocycles. The molecule has 0 bridgehead atoms. The number of benzene rings is 7. The first kappa shape index (κ1) is 107. The average molecular weight is 1780 g/mol. The molecule has 0 radical (unpaired) electrons. The van der Waals surface area contributed by atoms with Gasteiger partial charge in [-0.1, -0.05) is 156 Å². The Balaban J connectivity index is 0.000000366. The van der Waals surface area contributed by atoms with E-state index in [-0.39, 0.29) is 71.1 Å². The lowest BCUT2D eigenvalue weighted by Gasteiger charge is -2.27. The SMILES string of the molecule is CC(=O)CN=Cc1cc(C(C)(C)C)c(O)c(C(C)(C)C)c1.CC(=O)CN=Cc1ccc(C)cc1.CC(=O)CN=Cc1ccc(Cl)cc1C.CC(=O)N1CCCCC1.CC(=O)c1ccccc1.CN1CCOCC1.CNC(=O)Nc1cccc(C(F)(F)F)c1.COc1ccc(/C=C/c2ccnc(NS(C)(=O)=O)n2)cc1.Cc1nc2ccccc2s1.Cc1ncn[nH]1. The van der Waals surface area contributed by atoms with E-state index in [1.165, 1.54) is 82.0 Å². The summed E-state index contributed by atoms with van der Waals surface area (Å²) in [6.07, 6.45) is 12.1. The monoisotopic (exact) mass is 1780 g/mol. The minimum Gasteiger partial charge on any atom is -0.507 e. The standard InChI is InChI=1S/C18H27NO2.C14H15N3O3S.C11H12ClNO.C11H13NO.C9H9F3N2O.C8H7NS.C8H8O.C7H13NO.C5H11NO.C3H5N3/c1-12(20)10-19-11-13-8-14(17(2,3)4)16(21)15(9-13)18(5,6)7;1-20-13-7-4-11(5-8-13)3-6-12-9-10-15-14(16-12)17-21(2,18)19;1-8-5-11(12)4-3-10(8)7-13-6-9(2)14;1-9-3-5-11(6-4-9)8-12-7-10(2)13;1-13-8(15)14-7-4-2-3-6(5-7)9(10,11)12;1-6-9-7-4-2-3-5-8(7)10-6;2*1-7(9)8-5-3-2-4-6-8;1-6-2-4-7-5-3-6;1-3-4-2-5-6-3/h8-9,11,21H,10H2,1-7H3;3-10H,1-2H3,(H,15,16,17);3-5,7H,6H2,1-2H3;3-6,8H,7H2,1-2H3;2-5H,1H3,(H2,13,14,15);2-5H,1H3;2-6H,1H3;2-6H2,1H3;2-5H2,1H3;2H,1H3,(H,4,5,6)/b;6-3+;;;;;;;;. The van der Waals surface area contributed by atoms with E-state index in [4.69, 9.17) is 21.1 Å². The van der Waals surface area contributed by atoms with Gasteiger partial charge in [0.15, 0.2) is 23.1 Å². The first-order chi connectivity index (χ1) is 58.8. The second kappa shape index (κ2) is 56.1. The van der Waals surface area contributed by atoms with E-state index in [0.717, 1.165) is 124 Å². The van der Waals surface area contributed by atoms with Crippen LogP contribution in [0.25, 0.3) is 22.4 Å². The number of thiazole rings is 1. The van der Waals surface area contributed by atoms with Crippen molar-refractivity contribution >= 4 is 121 Å². The van der Waals surface area contributed by atoms with E-state index >= 15 is 0 Å². The minimum atomic E-state index is -4.40. The second-order valence-electron chi connectivity index (χ2n) is 30.6. The number of para-hydroxylation sites is 1. The number of aromatic hydroxyl groups is 1. The first-order valence-electron chi connectivity index (χ1n) is 40.1. The highest BCUT2D eigenvalue weighted by atomic mass is 35.5. The lowest BCUT2D eigenvalue weighted by atomic mass is 9.78. The van der Waals surface area contributed by atoms with Gasteiger partial charge in [0.2, 0.25) is 21.9 Å². The van der Waals surface area contributed by atoms with Crippen molar-refractivity contribution in [3.05, 3.63) is 253 Å². The summed E-state index contributed by atoms with van der Waals surface area (Å²) >= 11 is 7.54. The van der Waals surface area contributed by atoms with Crippen LogP contribution in [-0.4, -0.2) is 194 Å². The second-order valence-corrected chi connectivity index (χ2v) is 34.1. The molecule has 0 spiro atoms. The number of piperidine rings is 1. The molecule has 7 aromatic carbocycles. The Morgan fingerprint density at radius 2 is 1.21 bits per heavy atom. The molecule has 3 amide bonds. The number of morpholine rings is 1. The molecule has 12 rings (SSSR count). The van der Waals surface area contributed by atoms with E-state index in [1.807, 2.05) is 166 Å². The van der Waals surface area contributed by atoms with Crippen LogP contribution in [0.1, 0.15) is 172 Å². The Kier molecular flexibility index (Phi) is 48.2. The summed E-state index contributed by atoms with van der Waals surface area (Å²) in [6.45, 7) is 34.8. The fourth-order valence-corrected chi connectivity index (χ4v) is 12.0. The summed E-state index contributed by atoms with van der Waals surface area (Å²) in [5, 5.41) is 23.2. The molecule has 2 aliphatic rings. The number of carbonyl (C=O) groups excluding carboxylic acids is 6. The smallest absolute Gasteiger partial charge is 0.416 e. The number of anilines is 2. The highest BCUT2D eigenvalue weighted by molar-refractivity contribution is 7.92. The van der Waals surface area contributed by atoms with Crippen LogP contribution < -0.4 is 20.1 Å². The summed E-state index contributed by atoms with van der Waals surface area (Å²) in [6, 6.07) is 48.0. The number of aryl methyl sites for hydroxylation is 4. The quantitative estimate of drug-likeness (QED) is 0.0443. The van der Waals surface area contributed by atoms with Gasteiger partial charge >= 0.3 is 12.2 Å². The average Bonchev–Trinajstić information content (AvgIpc) is 1.46. The number of nitrogens with one attached hydrogen (secondary N) is 4. The molecule has 0 atom stereocenters. The minimum absolute atomic E-state index is 0.0390. The summed E-state index contributed by atoms with van der Waals surface area (Å²) in [4.78, 5) is 96.8. The summed E-state index contributed by atoms with van der Waals surface area (Å²) in [5.74, 6) is 2.59. The van der Waals surface area contributed by atoms with E-state index in [9.17, 15) is 55.5 Å². The molecular weight excluding hydrogens is 1660 g/mol. The van der Waals surface area contributed by atoms with E-state index < -0.39 is 27.8 Å². The van der Waals surface area contributed by atoms with Gasteiger partial charge in [-0.2, -0.15) is 18.3 Å². The normalized spacial score (nSPS) is 12.5. The molecule has 125 heavy (non-hydrogen) atoms. The number of carbonyl (C=O) groups is 6. The van der Waals surface area contributed by atoms with Crippen LogP contribution >= 0.6 is 22.9 Å². The van der Waals surface area contributed by atoms with Crippen LogP contribution in [-0.2, 0) is 50.9 Å². The molecule has 25 nitrogen and oxygen atoms in total. The Labute approximate surface area is 743 Å². The number of rotatable bonds is 16. The molecule has 2 aliphatic heterocycles. The van der Waals surface area contributed by atoms with Crippen LogP contribution in [0.15, 0.2) is 191 Å². The molecule has 0 aliphatic carbocycles. The number of likely N-dealkylation sites (N-methyl/N-ethyl adjacent to an activating group) is 1. The fraction of sp³-hybridized carbons (Fsp3) is 0.362. The van der Waals surface area contributed by atoms with Crippen molar-refractivity contribution in [1.29, 1.82) is 0 Å². The summed E-state index contributed by atoms with van der Waals surface area (Å²) in [7, 11) is 1.72. The lowest BCUT2D eigenvalue weighted by molar-refractivity contribution is -0.137. The van der Waals surface area contributed by atoms with Crippen molar-refractivity contribution in [1.82, 2.24) is 45.2 Å². The van der Waals surface area contributed by atoms with Gasteiger partial charge in [0, 0.05) is 92.4 Å². The molecule has 0 saturated carbocycles. The number of H-pyrrole nitrogens is 1. The molecule has 10 aromatic rings. The number of Topliss-reactive ketones (excluding diaryl/α,β-unsaturated/α-hetero) is 4. The van der Waals surface area contributed by atoms with Crippen LogP contribution in [0.5, 0.6) is 11.5 Å². The Morgan fingerprint density at radius 3 is 1.66 bits per heavy atom. The maximum absolute atomic E-state index is 12.3. The number of amides is 3. The predicted octanol–water partition coefficient (Wildman–Crippen LogP) is 18.7. The number of ether oxygens (including phenoxy) is 2. The van der Waals surface area contributed by atoms with Gasteiger partial charge in [0.25, 0.3) is 0 Å². The number of likely N-dealkylation sites (tertiary alicyclic amines) is 1. The van der Waals surface area contributed by atoms with E-state index in [0.29, 0.717) is 16.5 Å². The predicted molar refractivity (Wildman–Crippen MR) is 501 cm³/mol. The number of aliphatic imine (C=N–C) groups is 3. The van der Waals surface area contributed by atoms with Gasteiger partial charge < -0.3 is 35.0 Å². The Bertz CT molecular complexity index is 5130. The van der Waals surface area contributed by atoms with Gasteiger partial charge in [0.05, 0.1) is 72.7 Å². The third-order valence-corrected chi connectivity index (χ3v) is 18.8. The number of phenolic OH excluding ortho intramolecular Hbond substituents is 1. The zero-order valence-electron chi connectivity index (χ0n) is 74.9. The topological polar surface area (TPSA) is 335 Å². The number of fused-ring (bicyclic) bond motifs is 1. The maximum Gasteiger partial charge on any atom is 0.416 e. The van der Waals surface area contributed by atoms with Crippen LogP contribution in [0, 0.1) is 27.7 Å². The number of hydrogen-bond acceptors (Lipinski definition) is 21. The van der Waals surface area contributed by atoms with Crippen LogP contribution in [0.2, 0.25) is 5.02 Å². The number of urea groups is 1. The zero-order chi connectivity index (χ0) is 93.3. The molecule has 0 unspecified atom stereocenters. The third-order valence-electron chi connectivity index (χ3n) is 17.1. The first-order valence-corrected chi connectivity index (χ1v) is 43.1. The van der Waals surface area contributed by atoms with Crippen molar-refractivity contribution in [3.8, 4) is 11.5 Å². The number of alkyl halides is 3. The number of nitrogens with zero attached hydrogens (tertiary/aromatic N) is 10. The Morgan fingerprint density at radius 1 is 0.648 bits per heavy atom. The zero-order valence-corrected chi connectivity index (χ0v) is 77.3. The van der Waals surface area contributed by atoms with Gasteiger partial charge in [-0.15, -0.1) is 11.3 Å². The van der Waals surface area contributed by atoms with Gasteiger partial charge in [-0.3, -0.25) is 48.8 Å². The number of hydrogen-bond donors (Lipinski definition) is 5. The van der Waals surface area contributed by atoms with Crippen molar-refractivity contribution in [2.24, 2.45) is 15.0 Å². The van der Waals surface area contributed by atoms with Crippen molar-refractivity contribution in [2.75, 3.05) is 96.5 Å². The van der Waals surface area contributed by atoms with Crippen molar-refractivity contribution < 1.29 is 64.9 Å². The number of ketones is 4. The van der Waals surface area contributed by atoms with Crippen molar-refractivity contribution in [2.45, 2.75) is 140 Å². The molecule has 3 aromatic heterocycles. The largest absolute Gasteiger partial charge is 0.507 e. The number of aromatic amines is 1. The van der Waals surface area contributed by atoms with Gasteiger partial charge in [-0.05, 0) is 199 Å². The highest BCUT2D eigenvalue weighted by Crippen LogP contribution is 2.40. The van der Waals surface area contributed by atoms with E-state index in [2.05, 4.69) is 120 Å². The molecule has 2 fully saturated rings. The number of aromatic nitrogens is 6. The van der Waals surface area contributed by atoms with Crippen molar-refractivity contribution in [3.63, 3.8) is 0 Å². The summed E-state index contributed by atoms with van der Waals surface area (Å²) < 4.78 is 72.7. The van der Waals surface area contributed by atoms with E-state index in [1.54, 1.807) is 63.1 Å². The highest BCUT2D eigenvalue weighted by Gasteiger charge is 2.31. The fourth-order valence-electron chi connectivity index (χ4n) is 10.5. The third kappa shape index (κ3) is 47.6. The molecule has 672 valence electrons.